The number of rotatable bonds is 2. The van der Waals surface area contributed by atoms with Crippen LogP contribution in [0.5, 0.6) is 0 Å². The minimum absolute atomic E-state index is 0.491. The lowest BCUT2D eigenvalue weighted by molar-refractivity contribution is 0.228. The Hall–Kier alpha value is -0.0800. The molecule has 3 atom stereocenters. The van der Waals surface area contributed by atoms with E-state index in [1.165, 1.54) is 58.2 Å². The highest BCUT2D eigenvalue weighted by Crippen LogP contribution is 2.26. The maximum Gasteiger partial charge on any atom is 0.00793 e. The average Bonchev–Trinajstić information content (AvgIpc) is 2.48. The number of nitrogens with zero attached hydrogens (tertiary/aromatic N) is 1. The Morgan fingerprint density at radius 3 is 2.67 bits per heavy atom. The molecule has 2 nitrogen and oxygen atoms in total. The molecule has 1 aliphatic heterocycles. The van der Waals surface area contributed by atoms with Gasteiger partial charge in [-0.2, -0.15) is 0 Å². The zero-order valence-electron chi connectivity index (χ0n) is 10.1. The second-order valence-corrected chi connectivity index (χ2v) is 5.69. The summed E-state index contributed by atoms with van der Waals surface area (Å²) >= 11 is 0. The van der Waals surface area contributed by atoms with Gasteiger partial charge in [0.1, 0.15) is 0 Å². The van der Waals surface area contributed by atoms with Gasteiger partial charge < -0.3 is 10.6 Å². The van der Waals surface area contributed by atoms with E-state index in [-0.39, 0.29) is 0 Å². The third-order valence-corrected chi connectivity index (χ3v) is 4.32. The summed E-state index contributed by atoms with van der Waals surface area (Å²) in [5.41, 5.74) is 6.14. The van der Waals surface area contributed by atoms with Crippen molar-refractivity contribution in [2.75, 3.05) is 19.6 Å². The van der Waals surface area contributed by atoms with Gasteiger partial charge in [0.15, 0.2) is 0 Å². The van der Waals surface area contributed by atoms with Gasteiger partial charge in [0.05, 0.1) is 0 Å². The van der Waals surface area contributed by atoms with Crippen LogP contribution in [0.2, 0.25) is 0 Å². The van der Waals surface area contributed by atoms with Crippen LogP contribution < -0.4 is 5.73 Å². The lowest BCUT2D eigenvalue weighted by Gasteiger charge is -2.25. The summed E-state index contributed by atoms with van der Waals surface area (Å²) in [4.78, 5) is 2.67. The molecule has 1 heterocycles. The average molecular weight is 210 g/mol. The fourth-order valence-corrected chi connectivity index (χ4v) is 3.13. The van der Waals surface area contributed by atoms with Gasteiger partial charge in [-0.05, 0) is 57.0 Å². The lowest BCUT2D eigenvalue weighted by Crippen LogP contribution is -2.36. The van der Waals surface area contributed by atoms with Crippen molar-refractivity contribution in [3.63, 3.8) is 0 Å². The van der Waals surface area contributed by atoms with Crippen molar-refractivity contribution in [1.29, 1.82) is 0 Å². The van der Waals surface area contributed by atoms with Crippen LogP contribution in [0.3, 0.4) is 0 Å². The van der Waals surface area contributed by atoms with Crippen molar-refractivity contribution in [2.24, 2.45) is 17.6 Å². The normalized spacial score (nSPS) is 39.2. The molecule has 0 aromatic rings. The molecule has 1 saturated heterocycles. The molecule has 0 spiro atoms. The molecule has 2 heteroatoms. The van der Waals surface area contributed by atoms with E-state index in [1.807, 2.05) is 0 Å². The first-order valence-corrected chi connectivity index (χ1v) is 6.73. The monoisotopic (exact) mass is 210 g/mol. The molecule has 88 valence electrons. The highest BCUT2D eigenvalue weighted by Gasteiger charge is 2.26. The van der Waals surface area contributed by atoms with Crippen LogP contribution in [0, 0.1) is 11.8 Å². The molecule has 2 fully saturated rings. The van der Waals surface area contributed by atoms with E-state index in [4.69, 9.17) is 5.73 Å². The number of hydrogen-bond acceptors (Lipinski definition) is 2. The second kappa shape index (κ2) is 5.31. The highest BCUT2D eigenvalue weighted by atomic mass is 15.1. The van der Waals surface area contributed by atoms with Gasteiger partial charge >= 0.3 is 0 Å². The van der Waals surface area contributed by atoms with Gasteiger partial charge in [-0.3, -0.25) is 0 Å². The molecule has 15 heavy (non-hydrogen) atoms. The molecule has 2 aliphatic rings. The summed E-state index contributed by atoms with van der Waals surface area (Å²) in [7, 11) is 0. The zero-order chi connectivity index (χ0) is 10.7. The predicted octanol–water partition coefficient (Wildman–Crippen LogP) is 2.24. The molecule has 2 rings (SSSR count). The number of nitrogens with two attached hydrogens (primary N) is 1. The Morgan fingerprint density at radius 2 is 1.93 bits per heavy atom. The van der Waals surface area contributed by atoms with Crippen LogP contribution >= 0.6 is 0 Å². The van der Waals surface area contributed by atoms with E-state index in [9.17, 15) is 0 Å². The van der Waals surface area contributed by atoms with Crippen molar-refractivity contribution in [1.82, 2.24) is 4.90 Å². The molecule has 0 aromatic carbocycles. The maximum absolute atomic E-state index is 6.14. The summed E-state index contributed by atoms with van der Waals surface area (Å²) < 4.78 is 0. The van der Waals surface area contributed by atoms with Crippen molar-refractivity contribution >= 4 is 0 Å². The predicted molar refractivity (Wildman–Crippen MR) is 64.8 cm³/mol. The van der Waals surface area contributed by atoms with E-state index in [2.05, 4.69) is 11.8 Å². The quantitative estimate of drug-likeness (QED) is 0.757. The van der Waals surface area contributed by atoms with Gasteiger partial charge in [-0.15, -0.1) is 0 Å². The summed E-state index contributed by atoms with van der Waals surface area (Å²) in [6.45, 7) is 6.29. The minimum atomic E-state index is 0.491. The molecule has 0 radical (unpaired) electrons. The standard InChI is InChI=1S/C13H26N2/c1-11-4-3-8-15(9-7-11)10-12-5-2-6-13(12)14/h11-13H,2-10,14H2,1H3. The zero-order valence-corrected chi connectivity index (χ0v) is 10.1. The van der Waals surface area contributed by atoms with Crippen molar-refractivity contribution in [3.05, 3.63) is 0 Å². The molecule has 3 unspecified atom stereocenters. The minimum Gasteiger partial charge on any atom is -0.327 e. The SMILES string of the molecule is CC1CCCN(CC2CCCC2N)CC1. The largest absolute Gasteiger partial charge is 0.327 e. The number of likely N-dealkylation sites (tertiary alicyclic amines) is 1. The van der Waals surface area contributed by atoms with Gasteiger partial charge in [0, 0.05) is 12.6 Å². The Balaban J connectivity index is 1.78. The van der Waals surface area contributed by atoms with E-state index < -0.39 is 0 Å². The summed E-state index contributed by atoms with van der Waals surface area (Å²) in [5, 5.41) is 0. The van der Waals surface area contributed by atoms with E-state index in [0.717, 1.165) is 11.8 Å². The molecular formula is C13H26N2. The molecule has 0 aromatic heterocycles. The number of hydrogen-bond donors (Lipinski definition) is 1. The van der Waals surface area contributed by atoms with E-state index in [1.54, 1.807) is 0 Å². The molecule has 2 N–H and O–H groups in total. The first kappa shape index (κ1) is 11.4. The van der Waals surface area contributed by atoms with E-state index >= 15 is 0 Å². The second-order valence-electron chi connectivity index (χ2n) is 5.69. The van der Waals surface area contributed by atoms with Gasteiger partial charge in [-0.25, -0.2) is 0 Å². The first-order valence-electron chi connectivity index (χ1n) is 6.73. The van der Waals surface area contributed by atoms with Crippen LogP contribution in [0.25, 0.3) is 0 Å². The molecule has 1 saturated carbocycles. The Bertz CT molecular complexity index is 193. The maximum atomic E-state index is 6.14. The van der Waals surface area contributed by atoms with E-state index in [0.29, 0.717) is 6.04 Å². The van der Waals surface area contributed by atoms with Crippen LogP contribution in [-0.2, 0) is 0 Å². The van der Waals surface area contributed by atoms with Crippen molar-refractivity contribution < 1.29 is 0 Å². The molecule has 0 amide bonds. The first-order chi connectivity index (χ1) is 7.25. The van der Waals surface area contributed by atoms with Gasteiger partial charge in [0.2, 0.25) is 0 Å². The molecular weight excluding hydrogens is 184 g/mol. The van der Waals surface area contributed by atoms with Gasteiger partial charge in [0.25, 0.3) is 0 Å². The summed E-state index contributed by atoms with van der Waals surface area (Å²) in [6, 6.07) is 0.491. The van der Waals surface area contributed by atoms with Crippen LogP contribution in [0.4, 0.5) is 0 Å². The Morgan fingerprint density at radius 1 is 1.07 bits per heavy atom. The summed E-state index contributed by atoms with van der Waals surface area (Å²) in [6.07, 6.45) is 8.19. The van der Waals surface area contributed by atoms with Crippen LogP contribution in [0.1, 0.15) is 45.4 Å². The van der Waals surface area contributed by atoms with Crippen LogP contribution in [-0.4, -0.2) is 30.6 Å². The fourth-order valence-electron chi connectivity index (χ4n) is 3.13. The third-order valence-electron chi connectivity index (χ3n) is 4.32. The lowest BCUT2D eigenvalue weighted by atomic mass is 10.0. The Kier molecular flexibility index (Phi) is 4.04. The topological polar surface area (TPSA) is 29.3 Å². The highest BCUT2D eigenvalue weighted by molar-refractivity contribution is 4.83. The molecule has 0 bridgehead atoms. The Labute approximate surface area is 94.2 Å². The molecule has 1 aliphatic carbocycles. The third kappa shape index (κ3) is 3.18. The van der Waals surface area contributed by atoms with Crippen LogP contribution in [0.15, 0.2) is 0 Å². The summed E-state index contributed by atoms with van der Waals surface area (Å²) in [5.74, 6) is 1.73. The van der Waals surface area contributed by atoms with Gasteiger partial charge in [-0.1, -0.05) is 13.3 Å². The van der Waals surface area contributed by atoms with Crippen molar-refractivity contribution in [3.8, 4) is 0 Å². The fraction of sp³-hybridized carbons (Fsp3) is 1.00. The smallest absolute Gasteiger partial charge is 0.00793 e. The van der Waals surface area contributed by atoms with Crippen molar-refractivity contribution in [2.45, 2.75) is 51.5 Å².